The smallest absolute Gasteiger partial charge is 0.193 e. The van der Waals surface area contributed by atoms with E-state index in [9.17, 15) is 0 Å². The maximum absolute atomic E-state index is 5.90. The fourth-order valence-electron chi connectivity index (χ4n) is 3.27. The van der Waals surface area contributed by atoms with Gasteiger partial charge in [0.1, 0.15) is 0 Å². The van der Waals surface area contributed by atoms with E-state index >= 15 is 0 Å². The van der Waals surface area contributed by atoms with Crippen LogP contribution in [0.15, 0.2) is 4.99 Å². The van der Waals surface area contributed by atoms with E-state index < -0.39 is 0 Å². The van der Waals surface area contributed by atoms with Gasteiger partial charge in [-0.1, -0.05) is 26.7 Å². The van der Waals surface area contributed by atoms with Gasteiger partial charge in [0.15, 0.2) is 5.96 Å². The van der Waals surface area contributed by atoms with Gasteiger partial charge < -0.3 is 15.0 Å². The lowest BCUT2D eigenvalue weighted by atomic mass is 9.93. The molecule has 0 radical (unpaired) electrons. The molecule has 21 heavy (non-hydrogen) atoms. The summed E-state index contributed by atoms with van der Waals surface area (Å²) in [6.45, 7) is 11.7. The van der Waals surface area contributed by atoms with E-state index in [0.717, 1.165) is 45.2 Å². The summed E-state index contributed by atoms with van der Waals surface area (Å²) in [7, 11) is 0. The van der Waals surface area contributed by atoms with Crippen LogP contribution in [0.5, 0.6) is 0 Å². The Hall–Kier alpha value is -0.770. The normalized spacial score (nSPS) is 23.0. The summed E-state index contributed by atoms with van der Waals surface area (Å²) in [6.07, 6.45) is 8.02. The molecule has 0 aromatic heterocycles. The standard InChI is InChI=1S/C17H33N3O/c1-4-18-16(20-12-10-17(2,3)14-20)19-11-7-13-21-15-8-5-6-9-15/h15H,4-14H2,1-3H3,(H,18,19). The Morgan fingerprint density at radius 2 is 2.10 bits per heavy atom. The van der Waals surface area contributed by atoms with Crippen LogP contribution in [0.25, 0.3) is 0 Å². The van der Waals surface area contributed by atoms with E-state index in [1.54, 1.807) is 0 Å². The molecule has 1 aliphatic carbocycles. The lowest BCUT2D eigenvalue weighted by Gasteiger charge is -2.23. The van der Waals surface area contributed by atoms with Crippen LogP contribution in [0.1, 0.15) is 59.3 Å². The number of likely N-dealkylation sites (tertiary alicyclic amines) is 1. The Labute approximate surface area is 130 Å². The van der Waals surface area contributed by atoms with E-state index in [2.05, 4.69) is 31.0 Å². The van der Waals surface area contributed by atoms with Crippen molar-refractivity contribution in [2.24, 2.45) is 10.4 Å². The van der Waals surface area contributed by atoms with Crippen molar-refractivity contribution >= 4 is 5.96 Å². The van der Waals surface area contributed by atoms with Gasteiger partial charge in [-0.3, -0.25) is 4.99 Å². The van der Waals surface area contributed by atoms with E-state index in [1.165, 1.54) is 32.1 Å². The predicted molar refractivity (Wildman–Crippen MR) is 88.8 cm³/mol. The molecular weight excluding hydrogens is 262 g/mol. The monoisotopic (exact) mass is 295 g/mol. The minimum atomic E-state index is 0.418. The first-order valence-corrected chi connectivity index (χ1v) is 8.75. The van der Waals surface area contributed by atoms with Crippen molar-refractivity contribution in [1.82, 2.24) is 10.2 Å². The van der Waals surface area contributed by atoms with Gasteiger partial charge in [-0.15, -0.1) is 0 Å². The molecule has 0 aromatic carbocycles. The first-order valence-electron chi connectivity index (χ1n) is 8.75. The maximum atomic E-state index is 5.90. The summed E-state index contributed by atoms with van der Waals surface area (Å²) in [6, 6.07) is 0. The second-order valence-electron chi connectivity index (χ2n) is 7.20. The molecule has 2 fully saturated rings. The van der Waals surface area contributed by atoms with Crippen molar-refractivity contribution in [2.45, 2.75) is 65.4 Å². The SMILES string of the molecule is CCNC(=NCCCOC1CCCC1)N1CCC(C)(C)C1. The van der Waals surface area contributed by atoms with Gasteiger partial charge in [0.25, 0.3) is 0 Å². The molecule has 0 spiro atoms. The van der Waals surface area contributed by atoms with Crippen LogP contribution >= 0.6 is 0 Å². The Kier molecular flexibility index (Phi) is 6.34. The summed E-state index contributed by atoms with van der Waals surface area (Å²) in [5.41, 5.74) is 0.418. The van der Waals surface area contributed by atoms with Crippen LogP contribution in [0, 0.1) is 5.41 Å². The molecule has 1 saturated heterocycles. The third-order valence-corrected chi connectivity index (χ3v) is 4.53. The van der Waals surface area contributed by atoms with E-state index in [1.807, 2.05) is 0 Å². The van der Waals surface area contributed by atoms with Gasteiger partial charge in [0.2, 0.25) is 0 Å². The minimum Gasteiger partial charge on any atom is -0.378 e. The Morgan fingerprint density at radius 3 is 2.71 bits per heavy atom. The fourth-order valence-corrected chi connectivity index (χ4v) is 3.27. The third kappa shape index (κ3) is 5.50. The molecule has 0 aromatic rings. The molecule has 2 aliphatic rings. The number of ether oxygens (including phenoxy) is 1. The Balaban J connectivity index is 1.70. The molecule has 0 atom stereocenters. The first-order chi connectivity index (χ1) is 10.1. The zero-order valence-electron chi connectivity index (χ0n) is 14.2. The highest BCUT2D eigenvalue weighted by molar-refractivity contribution is 5.80. The molecule has 0 unspecified atom stereocenters. The topological polar surface area (TPSA) is 36.9 Å². The minimum absolute atomic E-state index is 0.418. The Morgan fingerprint density at radius 1 is 1.33 bits per heavy atom. The number of aliphatic imine (C=N–C) groups is 1. The van der Waals surface area contributed by atoms with Crippen LogP contribution in [0.2, 0.25) is 0 Å². The number of nitrogens with one attached hydrogen (secondary N) is 1. The molecule has 1 heterocycles. The van der Waals surface area contributed by atoms with Crippen LogP contribution in [-0.4, -0.2) is 49.7 Å². The molecule has 2 rings (SSSR count). The largest absolute Gasteiger partial charge is 0.378 e. The van der Waals surface area contributed by atoms with Crippen LogP contribution in [-0.2, 0) is 4.74 Å². The zero-order valence-corrected chi connectivity index (χ0v) is 14.2. The highest BCUT2D eigenvalue weighted by atomic mass is 16.5. The summed E-state index contributed by atoms with van der Waals surface area (Å²) in [4.78, 5) is 7.18. The van der Waals surface area contributed by atoms with Crippen molar-refractivity contribution in [3.05, 3.63) is 0 Å². The predicted octanol–water partition coefficient (Wildman–Crippen LogP) is 3.03. The van der Waals surface area contributed by atoms with E-state index in [-0.39, 0.29) is 0 Å². The lowest BCUT2D eigenvalue weighted by Crippen LogP contribution is -2.40. The molecule has 4 heteroatoms. The van der Waals surface area contributed by atoms with Crippen molar-refractivity contribution in [3.8, 4) is 0 Å². The number of hydrogen-bond donors (Lipinski definition) is 1. The van der Waals surface area contributed by atoms with E-state index in [0.29, 0.717) is 11.5 Å². The van der Waals surface area contributed by atoms with Crippen LogP contribution in [0.4, 0.5) is 0 Å². The number of rotatable bonds is 6. The lowest BCUT2D eigenvalue weighted by molar-refractivity contribution is 0.0579. The van der Waals surface area contributed by atoms with Crippen molar-refractivity contribution in [3.63, 3.8) is 0 Å². The third-order valence-electron chi connectivity index (χ3n) is 4.53. The number of nitrogens with zero attached hydrogens (tertiary/aromatic N) is 2. The van der Waals surface area contributed by atoms with Crippen LogP contribution in [0.3, 0.4) is 0 Å². The van der Waals surface area contributed by atoms with Gasteiger partial charge in [-0.05, 0) is 38.0 Å². The highest BCUT2D eigenvalue weighted by Crippen LogP contribution is 2.28. The maximum Gasteiger partial charge on any atom is 0.193 e. The van der Waals surface area contributed by atoms with E-state index in [4.69, 9.17) is 9.73 Å². The second kappa shape index (κ2) is 8.02. The highest BCUT2D eigenvalue weighted by Gasteiger charge is 2.30. The summed E-state index contributed by atoms with van der Waals surface area (Å²) in [5.74, 6) is 1.09. The average molecular weight is 295 g/mol. The van der Waals surface area contributed by atoms with Crippen LogP contribution < -0.4 is 5.32 Å². The summed E-state index contributed by atoms with van der Waals surface area (Å²) >= 11 is 0. The molecule has 1 saturated carbocycles. The quantitative estimate of drug-likeness (QED) is 0.465. The number of hydrogen-bond acceptors (Lipinski definition) is 2. The van der Waals surface area contributed by atoms with Crippen molar-refractivity contribution in [1.29, 1.82) is 0 Å². The number of guanidine groups is 1. The van der Waals surface area contributed by atoms with Crippen molar-refractivity contribution in [2.75, 3.05) is 32.8 Å². The zero-order chi connectivity index (χ0) is 15.1. The fraction of sp³-hybridized carbons (Fsp3) is 0.941. The van der Waals surface area contributed by atoms with Gasteiger partial charge in [-0.2, -0.15) is 0 Å². The second-order valence-corrected chi connectivity index (χ2v) is 7.20. The van der Waals surface area contributed by atoms with Gasteiger partial charge >= 0.3 is 0 Å². The molecule has 1 aliphatic heterocycles. The molecule has 0 bridgehead atoms. The van der Waals surface area contributed by atoms with Gasteiger partial charge in [0, 0.05) is 32.8 Å². The average Bonchev–Trinajstić information content (AvgIpc) is 3.06. The summed E-state index contributed by atoms with van der Waals surface area (Å²) < 4.78 is 5.90. The molecule has 4 nitrogen and oxygen atoms in total. The molecule has 0 amide bonds. The summed E-state index contributed by atoms with van der Waals surface area (Å²) in [5, 5.41) is 3.43. The molecular formula is C17H33N3O. The Bertz CT molecular complexity index is 335. The molecule has 1 N–H and O–H groups in total. The van der Waals surface area contributed by atoms with Gasteiger partial charge in [-0.25, -0.2) is 0 Å². The first kappa shape index (κ1) is 16.6. The molecule has 122 valence electrons. The van der Waals surface area contributed by atoms with Crippen molar-refractivity contribution < 1.29 is 4.74 Å². The van der Waals surface area contributed by atoms with Gasteiger partial charge in [0.05, 0.1) is 6.10 Å².